The van der Waals surface area contributed by atoms with E-state index in [1.807, 2.05) is 19.1 Å². The fourth-order valence-corrected chi connectivity index (χ4v) is 2.91. The summed E-state index contributed by atoms with van der Waals surface area (Å²) in [7, 11) is 0. The molecule has 0 unspecified atom stereocenters. The summed E-state index contributed by atoms with van der Waals surface area (Å²) < 4.78 is 0. The highest BCUT2D eigenvalue weighted by atomic mass is 16.1. The Labute approximate surface area is 121 Å². The average molecular weight is 264 g/mol. The first kappa shape index (κ1) is 14.3. The van der Waals surface area contributed by atoms with E-state index in [0.29, 0.717) is 5.57 Å². The summed E-state index contributed by atoms with van der Waals surface area (Å²) in [6.07, 6.45) is 0. The van der Waals surface area contributed by atoms with E-state index in [4.69, 9.17) is 0 Å². The van der Waals surface area contributed by atoms with Crippen LogP contribution >= 0.6 is 0 Å². The number of hydrogen-bond donors (Lipinski definition) is 0. The van der Waals surface area contributed by atoms with Crippen molar-refractivity contribution in [1.82, 2.24) is 0 Å². The lowest BCUT2D eigenvalue weighted by molar-refractivity contribution is 0.569. The Hall–Kier alpha value is -2.11. The summed E-state index contributed by atoms with van der Waals surface area (Å²) in [5.74, 6) is 2.16. The van der Waals surface area contributed by atoms with Gasteiger partial charge in [-0.2, -0.15) is 0 Å². The molecule has 0 aliphatic carbocycles. The van der Waals surface area contributed by atoms with Gasteiger partial charge in [-0.05, 0) is 62.4 Å². The minimum Gasteiger partial charge on any atom is -0.233 e. The third-order valence-corrected chi connectivity index (χ3v) is 3.68. The zero-order valence-electron chi connectivity index (χ0n) is 12.8. The van der Waals surface area contributed by atoms with Crippen LogP contribution in [0.25, 0.3) is 5.57 Å². The van der Waals surface area contributed by atoms with E-state index in [9.17, 15) is 4.79 Å². The topological polar surface area (TPSA) is 17.1 Å². The molecule has 0 N–H and O–H groups in total. The molecule has 0 bridgehead atoms. The summed E-state index contributed by atoms with van der Waals surface area (Å²) in [5.41, 5.74) is 8.43. The molecule has 0 heterocycles. The zero-order chi connectivity index (χ0) is 14.9. The third-order valence-electron chi connectivity index (χ3n) is 3.68. The van der Waals surface area contributed by atoms with Crippen molar-refractivity contribution in [3.05, 3.63) is 69.3 Å². The van der Waals surface area contributed by atoms with Gasteiger partial charge in [0.15, 0.2) is 0 Å². The van der Waals surface area contributed by atoms with E-state index in [-0.39, 0.29) is 0 Å². The molecule has 0 amide bonds. The van der Waals surface area contributed by atoms with E-state index >= 15 is 0 Å². The average Bonchev–Trinajstić information content (AvgIpc) is 2.34. The first-order valence-electron chi connectivity index (χ1n) is 6.85. The molecule has 0 spiro atoms. The van der Waals surface area contributed by atoms with Crippen molar-refractivity contribution in [3.63, 3.8) is 0 Å². The van der Waals surface area contributed by atoms with Gasteiger partial charge in [0.1, 0.15) is 5.94 Å². The lowest BCUT2D eigenvalue weighted by Gasteiger charge is -2.14. The van der Waals surface area contributed by atoms with Crippen LogP contribution in [0.1, 0.15) is 38.9 Å². The molecule has 0 radical (unpaired) electrons. The van der Waals surface area contributed by atoms with Gasteiger partial charge in [0.2, 0.25) is 0 Å². The Balaban J connectivity index is 2.69. The first-order valence-corrected chi connectivity index (χ1v) is 6.85. The molecule has 0 saturated heterocycles. The van der Waals surface area contributed by atoms with Gasteiger partial charge in [-0.15, -0.1) is 0 Å². The highest BCUT2D eigenvalue weighted by Gasteiger charge is 2.14. The smallest absolute Gasteiger partial charge is 0.133 e. The van der Waals surface area contributed by atoms with Crippen LogP contribution in [0.15, 0.2) is 30.3 Å². The molecule has 0 saturated carbocycles. The zero-order valence-corrected chi connectivity index (χ0v) is 12.8. The SMILES string of the molecule is Cc1ccc(C(=C=O)c2c(C)cc(C)cc2C)c(C)c1. The summed E-state index contributed by atoms with van der Waals surface area (Å²) in [4.78, 5) is 11.6. The molecule has 1 nitrogen and oxygen atoms in total. The van der Waals surface area contributed by atoms with E-state index in [1.165, 1.54) is 11.1 Å². The van der Waals surface area contributed by atoms with E-state index < -0.39 is 0 Å². The number of rotatable bonds is 2. The maximum Gasteiger partial charge on any atom is 0.133 e. The van der Waals surface area contributed by atoms with E-state index in [2.05, 4.69) is 51.8 Å². The Morgan fingerprint density at radius 2 is 1.35 bits per heavy atom. The summed E-state index contributed by atoms with van der Waals surface area (Å²) in [5, 5.41) is 0. The highest BCUT2D eigenvalue weighted by Crippen LogP contribution is 2.30. The molecule has 2 rings (SSSR count). The van der Waals surface area contributed by atoms with E-state index in [0.717, 1.165) is 27.8 Å². The predicted octanol–water partition coefficient (Wildman–Crippen LogP) is 4.49. The van der Waals surface area contributed by atoms with Crippen molar-refractivity contribution in [2.75, 3.05) is 0 Å². The van der Waals surface area contributed by atoms with Crippen LogP contribution < -0.4 is 0 Å². The molecule has 20 heavy (non-hydrogen) atoms. The monoisotopic (exact) mass is 264 g/mol. The maximum absolute atomic E-state index is 11.6. The quantitative estimate of drug-likeness (QED) is 0.730. The Kier molecular flexibility index (Phi) is 3.92. The van der Waals surface area contributed by atoms with Gasteiger partial charge in [0, 0.05) is 0 Å². The largest absolute Gasteiger partial charge is 0.233 e. The van der Waals surface area contributed by atoms with Gasteiger partial charge >= 0.3 is 0 Å². The molecule has 1 heteroatoms. The summed E-state index contributed by atoms with van der Waals surface area (Å²) >= 11 is 0. The number of aryl methyl sites for hydroxylation is 5. The first-order chi connectivity index (χ1) is 9.43. The van der Waals surface area contributed by atoms with Gasteiger partial charge in [-0.1, -0.05) is 41.5 Å². The van der Waals surface area contributed by atoms with Crippen LogP contribution in [0.3, 0.4) is 0 Å². The molecule has 102 valence electrons. The molecule has 0 aliphatic heterocycles. The normalized spacial score (nSPS) is 10.2. The fourth-order valence-electron chi connectivity index (χ4n) is 2.91. The maximum atomic E-state index is 11.6. The van der Waals surface area contributed by atoms with Gasteiger partial charge in [0.25, 0.3) is 0 Å². The minimum absolute atomic E-state index is 0.664. The number of hydrogen-bond acceptors (Lipinski definition) is 1. The van der Waals surface area contributed by atoms with Crippen molar-refractivity contribution < 1.29 is 4.79 Å². The third kappa shape index (κ3) is 2.59. The molecule has 2 aromatic rings. The minimum atomic E-state index is 0.664. The van der Waals surface area contributed by atoms with Gasteiger partial charge in [-0.25, -0.2) is 4.79 Å². The van der Waals surface area contributed by atoms with Crippen molar-refractivity contribution in [2.24, 2.45) is 0 Å². The van der Waals surface area contributed by atoms with Crippen LogP contribution in [0, 0.1) is 34.6 Å². The van der Waals surface area contributed by atoms with Crippen LogP contribution in [-0.4, -0.2) is 5.94 Å². The molecular formula is C19H20O. The van der Waals surface area contributed by atoms with Crippen molar-refractivity contribution >= 4 is 11.5 Å². The second kappa shape index (κ2) is 5.48. The van der Waals surface area contributed by atoms with Crippen LogP contribution in [0.5, 0.6) is 0 Å². The van der Waals surface area contributed by atoms with Crippen molar-refractivity contribution in [2.45, 2.75) is 34.6 Å². The summed E-state index contributed by atoms with van der Waals surface area (Å²) in [6, 6.07) is 10.4. The predicted molar refractivity (Wildman–Crippen MR) is 84.8 cm³/mol. The molecule has 0 atom stereocenters. The van der Waals surface area contributed by atoms with Crippen molar-refractivity contribution in [1.29, 1.82) is 0 Å². The molecule has 0 aromatic heterocycles. The second-order valence-electron chi connectivity index (χ2n) is 5.57. The molecular weight excluding hydrogens is 244 g/mol. The number of carbonyl (C=O) groups excluding carboxylic acids is 1. The van der Waals surface area contributed by atoms with Gasteiger partial charge < -0.3 is 0 Å². The lowest BCUT2D eigenvalue weighted by Crippen LogP contribution is -1.99. The van der Waals surface area contributed by atoms with Crippen LogP contribution in [0.4, 0.5) is 0 Å². The van der Waals surface area contributed by atoms with Gasteiger partial charge in [-0.3, -0.25) is 0 Å². The summed E-state index contributed by atoms with van der Waals surface area (Å²) in [6.45, 7) is 10.3. The Morgan fingerprint density at radius 3 is 1.85 bits per heavy atom. The van der Waals surface area contributed by atoms with Crippen molar-refractivity contribution in [3.8, 4) is 0 Å². The van der Waals surface area contributed by atoms with Crippen LogP contribution in [-0.2, 0) is 4.79 Å². The Bertz CT molecular complexity index is 694. The molecule has 0 aliphatic rings. The molecule has 2 aromatic carbocycles. The fraction of sp³-hybridized carbons (Fsp3) is 0.263. The lowest BCUT2D eigenvalue weighted by atomic mass is 9.88. The molecule has 0 fully saturated rings. The van der Waals surface area contributed by atoms with E-state index in [1.54, 1.807) is 0 Å². The highest BCUT2D eigenvalue weighted by molar-refractivity contribution is 5.99. The van der Waals surface area contributed by atoms with Gasteiger partial charge in [0.05, 0.1) is 5.57 Å². The van der Waals surface area contributed by atoms with Crippen LogP contribution in [0.2, 0.25) is 0 Å². The number of benzene rings is 2. The Morgan fingerprint density at radius 1 is 0.800 bits per heavy atom. The second-order valence-corrected chi connectivity index (χ2v) is 5.57. The standard InChI is InChI=1S/C19H20O/c1-12-6-7-17(14(3)8-12)18(11-20)19-15(4)9-13(2)10-16(19)5/h6-10H,1-5H3.